The van der Waals surface area contributed by atoms with Gasteiger partial charge < -0.3 is 10.7 Å². The van der Waals surface area contributed by atoms with Crippen LogP contribution in [0.3, 0.4) is 0 Å². The van der Waals surface area contributed by atoms with E-state index in [2.05, 4.69) is 4.98 Å². The second-order valence-corrected chi connectivity index (χ2v) is 4.15. The highest BCUT2D eigenvalue weighted by Gasteiger charge is 2.25. The SMILES string of the molecule is Cc1cc(C2CCCC2N)c[nH]c1=O. The number of nitrogens with two attached hydrogens (primary N) is 1. The van der Waals surface area contributed by atoms with Gasteiger partial charge in [0.1, 0.15) is 0 Å². The Kier molecular flexibility index (Phi) is 2.42. The van der Waals surface area contributed by atoms with Gasteiger partial charge in [-0.2, -0.15) is 0 Å². The molecule has 14 heavy (non-hydrogen) atoms. The normalized spacial score (nSPS) is 26.7. The Hall–Kier alpha value is -1.09. The summed E-state index contributed by atoms with van der Waals surface area (Å²) in [6.45, 7) is 1.84. The quantitative estimate of drug-likeness (QED) is 0.704. The molecule has 3 N–H and O–H groups in total. The summed E-state index contributed by atoms with van der Waals surface area (Å²) in [5, 5.41) is 0. The molecule has 2 unspecified atom stereocenters. The van der Waals surface area contributed by atoms with Crippen molar-refractivity contribution in [2.24, 2.45) is 5.73 Å². The molecular weight excluding hydrogens is 176 g/mol. The summed E-state index contributed by atoms with van der Waals surface area (Å²) < 4.78 is 0. The second-order valence-electron chi connectivity index (χ2n) is 4.15. The molecule has 2 atom stereocenters. The smallest absolute Gasteiger partial charge is 0.250 e. The zero-order chi connectivity index (χ0) is 10.1. The lowest BCUT2D eigenvalue weighted by atomic mass is 9.95. The van der Waals surface area contributed by atoms with Crippen LogP contribution in [0.15, 0.2) is 17.1 Å². The average Bonchev–Trinajstić information content (AvgIpc) is 2.57. The van der Waals surface area contributed by atoms with Crippen LogP contribution < -0.4 is 11.3 Å². The topological polar surface area (TPSA) is 58.9 Å². The van der Waals surface area contributed by atoms with Crippen molar-refractivity contribution in [3.05, 3.63) is 33.7 Å². The summed E-state index contributed by atoms with van der Waals surface area (Å²) in [7, 11) is 0. The van der Waals surface area contributed by atoms with Crippen LogP contribution in [0.25, 0.3) is 0 Å². The van der Waals surface area contributed by atoms with Gasteiger partial charge in [-0.05, 0) is 31.4 Å². The van der Waals surface area contributed by atoms with Gasteiger partial charge >= 0.3 is 0 Å². The van der Waals surface area contributed by atoms with E-state index in [0.29, 0.717) is 5.92 Å². The van der Waals surface area contributed by atoms with Crippen molar-refractivity contribution in [2.45, 2.75) is 38.1 Å². The van der Waals surface area contributed by atoms with Crippen molar-refractivity contribution in [3.8, 4) is 0 Å². The van der Waals surface area contributed by atoms with Gasteiger partial charge in [0, 0.05) is 23.7 Å². The Morgan fingerprint density at radius 3 is 2.86 bits per heavy atom. The fourth-order valence-electron chi connectivity index (χ4n) is 2.24. The van der Waals surface area contributed by atoms with E-state index >= 15 is 0 Å². The molecule has 0 saturated heterocycles. The highest BCUT2D eigenvalue weighted by Crippen LogP contribution is 2.32. The van der Waals surface area contributed by atoms with Crippen molar-refractivity contribution >= 4 is 0 Å². The van der Waals surface area contributed by atoms with E-state index in [1.54, 1.807) is 0 Å². The molecule has 0 bridgehead atoms. The van der Waals surface area contributed by atoms with Crippen LogP contribution in [0.5, 0.6) is 0 Å². The summed E-state index contributed by atoms with van der Waals surface area (Å²) in [5.74, 6) is 0.436. The molecule has 1 aromatic rings. The number of pyridine rings is 1. The van der Waals surface area contributed by atoms with Crippen molar-refractivity contribution in [2.75, 3.05) is 0 Å². The van der Waals surface area contributed by atoms with Crippen LogP contribution in [0.1, 0.15) is 36.3 Å². The molecule has 2 rings (SSSR count). The van der Waals surface area contributed by atoms with Crippen molar-refractivity contribution in [1.82, 2.24) is 4.98 Å². The summed E-state index contributed by atoms with van der Waals surface area (Å²) in [6.07, 6.45) is 5.25. The molecule has 1 heterocycles. The minimum atomic E-state index is 0.000295. The average molecular weight is 192 g/mol. The van der Waals surface area contributed by atoms with E-state index in [4.69, 9.17) is 5.73 Å². The Labute approximate surface area is 83.3 Å². The van der Waals surface area contributed by atoms with Crippen LogP contribution in [0.2, 0.25) is 0 Å². The summed E-state index contributed by atoms with van der Waals surface area (Å²) in [6, 6.07) is 2.23. The van der Waals surface area contributed by atoms with Crippen LogP contribution in [-0.4, -0.2) is 11.0 Å². The molecule has 0 spiro atoms. The highest BCUT2D eigenvalue weighted by atomic mass is 16.1. The molecule has 1 aliphatic carbocycles. The van der Waals surface area contributed by atoms with Gasteiger partial charge in [0.25, 0.3) is 5.56 Å². The maximum absolute atomic E-state index is 11.2. The summed E-state index contributed by atoms with van der Waals surface area (Å²) >= 11 is 0. The Morgan fingerprint density at radius 2 is 2.29 bits per heavy atom. The lowest BCUT2D eigenvalue weighted by Crippen LogP contribution is -2.23. The molecule has 3 nitrogen and oxygen atoms in total. The first-order valence-corrected chi connectivity index (χ1v) is 5.13. The number of aromatic nitrogens is 1. The molecule has 1 aliphatic rings. The second kappa shape index (κ2) is 3.58. The van der Waals surface area contributed by atoms with Gasteiger partial charge in [0.15, 0.2) is 0 Å². The molecule has 76 valence electrons. The number of nitrogens with one attached hydrogen (secondary N) is 1. The predicted octanol–water partition coefficient (Wildman–Crippen LogP) is 1.28. The van der Waals surface area contributed by atoms with E-state index < -0.39 is 0 Å². The number of hydrogen-bond donors (Lipinski definition) is 2. The first kappa shape index (κ1) is 9.46. The minimum Gasteiger partial charge on any atom is -0.329 e. The number of rotatable bonds is 1. The molecule has 0 radical (unpaired) electrons. The van der Waals surface area contributed by atoms with E-state index in [-0.39, 0.29) is 11.6 Å². The van der Waals surface area contributed by atoms with Crippen molar-refractivity contribution in [3.63, 3.8) is 0 Å². The van der Waals surface area contributed by atoms with Gasteiger partial charge in [-0.1, -0.05) is 6.42 Å². The van der Waals surface area contributed by atoms with Crippen molar-refractivity contribution in [1.29, 1.82) is 0 Å². The lowest BCUT2D eigenvalue weighted by Gasteiger charge is -2.15. The van der Waals surface area contributed by atoms with Gasteiger partial charge in [-0.15, -0.1) is 0 Å². The molecule has 1 fully saturated rings. The number of hydrogen-bond acceptors (Lipinski definition) is 2. The first-order chi connectivity index (χ1) is 6.68. The van der Waals surface area contributed by atoms with Crippen molar-refractivity contribution < 1.29 is 0 Å². The largest absolute Gasteiger partial charge is 0.329 e. The molecule has 0 aromatic carbocycles. The number of aromatic amines is 1. The van der Waals surface area contributed by atoms with E-state index in [1.807, 2.05) is 19.2 Å². The Balaban J connectivity index is 2.32. The number of aryl methyl sites for hydroxylation is 1. The van der Waals surface area contributed by atoms with Crippen LogP contribution in [-0.2, 0) is 0 Å². The zero-order valence-electron chi connectivity index (χ0n) is 8.42. The van der Waals surface area contributed by atoms with Gasteiger partial charge in [0.2, 0.25) is 0 Å². The van der Waals surface area contributed by atoms with E-state index in [9.17, 15) is 4.79 Å². The lowest BCUT2D eigenvalue weighted by molar-refractivity contribution is 0.610. The minimum absolute atomic E-state index is 0.000295. The van der Waals surface area contributed by atoms with E-state index in [1.165, 1.54) is 12.0 Å². The van der Waals surface area contributed by atoms with Gasteiger partial charge in [-0.3, -0.25) is 4.79 Å². The molecule has 3 heteroatoms. The fourth-order valence-corrected chi connectivity index (χ4v) is 2.24. The Morgan fingerprint density at radius 1 is 1.50 bits per heavy atom. The monoisotopic (exact) mass is 192 g/mol. The zero-order valence-corrected chi connectivity index (χ0v) is 8.42. The highest BCUT2D eigenvalue weighted by molar-refractivity contribution is 5.23. The van der Waals surface area contributed by atoms with Crippen LogP contribution in [0, 0.1) is 6.92 Å². The summed E-state index contributed by atoms with van der Waals surface area (Å²) in [4.78, 5) is 13.9. The molecule has 1 aromatic heterocycles. The maximum atomic E-state index is 11.2. The maximum Gasteiger partial charge on any atom is 0.250 e. The van der Waals surface area contributed by atoms with Crippen LogP contribution in [0.4, 0.5) is 0 Å². The summed E-state index contributed by atoms with van der Waals surface area (Å²) in [5.41, 5.74) is 7.97. The first-order valence-electron chi connectivity index (χ1n) is 5.13. The molecule has 1 saturated carbocycles. The molecular formula is C11H16N2O. The van der Waals surface area contributed by atoms with E-state index in [0.717, 1.165) is 18.4 Å². The van der Waals surface area contributed by atoms with Crippen LogP contribution >= 0.6 is 0 Å². The standard InChI is InChI=1S/C11H16N2O/c1-7-5-8(6-13-11(7)14)9-3-2-4-10(9)12/h5-6,9-10H,2-4,12H2,1H3,(H,13,14). The fraction of sp³-hybridized carbons (Fsp3) is 0.545. The third-order valence-electron chi connectivity index (χ3n) is 3.11. The molecule has 0 aliphatic heterocycles. The van der Waals surface area contributed by atoms with Gasteiger partial charge in [0.05, 0.1) is 0 Å². The molecule has 0 amide bonds. The third-order valence-corrected chi connectivity index (χ3v) is 3.11. The van der Waals surface area contributed by atoms with Gasteiger partial charge in [-0.25, -0.2) is 0 Å². The third kappa shape index (κ3) is 1.60. The predicted molar refractivity (Wildman–Crippen MR) is 56.4 cm³/mol. The Bertz CT molecular complexity index is 383. The number of H-pyrrole nitrogens is 1.